The molecule has 0 aliphatic carbocycles. The number of aliphatic hydroxyl groups is 1. The van der Waals surface area contributed by atoms with Crippen LogP contribution in [0.2, 0.25) is 0 Å². The molecule has 0 spiro atoms. The van der Waals surface area contributed by atoms with Crippen LogP contribution in [-0.4, -0.2) is 34.8 Å². The smallest absolute Gasteiger partial charge is 0.138 e. The van der Waals surface area contributed by atoms with E-state index < -0.39 is 0 Å². The van der Waals surface area contributed by atoms with E-state index in [1.165, 1.54) is 0 Å². The molecule has 1 aromatic heterocycles. The normalized spacial score (nSPS) is 13.2. The Bertz CT molecular complexity index is 399. The summed E-state index contributed by atoms with van der Waals surface area (Å²) in [5, 5.41) is 15.6. The maximum Gasteiger partial charge on any atom is 0.138 e. The SMILES string of the molecule is CNc1cc(NCCCC(C)O)nc(C(C)(C)C)n1. The van der Waals surface area contributed by atoms with E-state index in [9.17, 15) is 5.11 Å². The Kier molecular flexibility index (Phi) is 5.54. The highest BCUT2D eigenvalue weighted by molar-refractivity contribution is 5.47. The van der Waals surface area contributed by atoms with Crippen LogP contribution in [0.4, 0.5) is 11.6 Å². The molecule has 1 aromatic rings. The van der Waals surface area contributed by atoms with Gasteiger partial charge in [-0.05, 0) is 19.8 Å². The van der Waals surface area contributed by atoms with Gasteiger partial charge in [-0.15, -0.1) is 0 Å². The number of aromatic nitrogens is 2. The predicted octanol–water partition coefficient (Wildman–Crippen LogP) is 2.39. The number of hydrogen-bond donors (Lipinski definition) is 3. The van der Waals surface area contributed by atoms with Gasteiger partial charge in [0.1, 0.15) is 17.5 Å². The number of rotatable bonds is 6. The summed E-state index contributed by atoms with van der Waals surface area (Å²) in [5.41, 5.74) is -0.0805. The van der Waals surface area contributed by atoms with Crippen LogP contribution >= 0.6 is 0 Å². The summed E-state index contributed by atoms with van der Waals surface area (Å²) < 4.78 is 0. The fourth-order valence-corrected chi connectivity index (χ4v) is 1.62. The van der Waals surface area contributed by atoms with Crippen molar-refractivity contribution in [3.05, 3.63) is 11.9 Å². The van der Waals surface area contributed by atoms with Crippen LogP contribution in [0, 0.1) is 0 Å². The second kappa shape index (κ2) is 6.70. The Morgan fingerprint density at radius 3 is 2.42 bits per heavy atom. The molecule has 1 unspecified atom stereocenters. The van der Waals surface area contributed by atoms with Gasteiger partial charge in [0, 0.05) is 25.1 Å². The van der Waals surface area contributed by atoms with Crippen LogP contribution in [-0.2, 0) is 5.41 Å². The molecule has 5 nitrogen and oxygen atoms in total. The average Bonchev–Trinajstić information content (AvgIpc) is 2.33. The zero-order valence-corrected chi connectivity index (χ0v) is 12.6. The third-order valence-corrected chi connectivity index (χ3v) is 2.76. The van der Waals surface area contributed by atoms with Crippen LogP contribution < -0.4 is 10.6 Å². The van der Waals surface area contributed by atoms with Gasteiger partial charge in [-0.3, -0.25) is 0 Å². The molecule has 3 N–H and O–H groups in total. The van der Waals surface area contributed by atoms with Crippen molar-refractivity contribution in [2.45, 2.75) is 52.1 Å². The van der Waals surface area contributed by atoms with E-state index in [1.807, 2.05) is 20.0 Å². The highest BCUT2D eigenvalue weighted by atomic mass is 16.3. The topological polar surface area (TPSA) is 70.1 Å². The largest absolute Gasteiger partial charge is 0.393 e. The van der Waals surface area contributed by atoms with Crippen molar-refractivity contribution in [1.82, 2.24) is 9.97 Å². The van der Waals surface area contributed by atoms with Crippen LogP contribution in [0.25, 0.3) is 0 Å². The van der Waals surface area contributed by atoms with Crippen LogP contribution in [0.5, 0.6) is 0 Å². The Labute approximate surface area is 115 Å². The highest BCUT2D eigenvalue weighted by Gasteiger charge is 2.18. The standard InChI is InChI=1S/C14H26N4O/c1-10(19)7-6-8-16-12-9-11(15-5)17-13(18-12)14(2,3)4/h9-10,19H,6-8H2,1-5H3,(H2,15,16,17,18). The summed E-state index contributed by atoms with van der Waals surface area (Å²) in [6, 6.07) is 1.90. The first kappa shape index (κ1) is 15.7. The Morgan fingerprint density at radius 2 is 1.89 bits per heavy atom. The molecule has 1 atom stereocenters. The molecule has 1 heterocycles. The van der Waals surface area contributed by atoms with Gasteiger partial charge < -0.3 is 15.7 Å². The van der Waals surface area contributed by atoms with Gasteiger partial charge in [0.15, 0.2) is 0 Å². The Hall–Kier alpha value is -1.36. The summed E-state index contributed by atoms with van der Waals surface area (Å²) in [4.78, 5) is 9.02. The predicted molar refractivity (Wildman–Crippen MR) is 79.7 cm³/mol. The third-order valence-electron chi connectivity index (χ3n) is 2.76. The van der Waals surface area contributed by atoms with E-state index in [4.69, 9.17) is 0 Å². The lowest BCUT2D eigenvalue weighted by molar-refractivity contribution is 0.183. The van der Waals surface area contributed by atoms with Gasteiger partial charge >= 0.3 is 0 Å². The molecule has 108 valence electrons. The summed E-state index contributed by atoms with van der Waals surface area (Å²) in [6.45, 7) is 8.90. The molecule has 0 bridgehead atoms. The van der Waals surface area contributed by atoms with Crippen molar-refractivity contribution in [3.63, 3.8) is 0 Å². The first-order valence-corrected chi connectivity index (χ1v) is 6.82. The molecule has 0 saturated carbocycles. The molecule has 0 saturated heterocycles. The quantitative estimate of drug-likeness (QED) is 0.690. The number of nitrogens with one attached hydrogen (secondary N) is 2. The zero-order chi connectivity index (χ0) is 14.5. The second-order valence-electron chi connectivity index (χ2n) is 5.88. The number of anilines is 2. The minimum absolute atomic E-state index is 0.0805. The van der Waals surface area contributed by atoms with Gasteiger partial charge in [0.25, 0.3) is 0 Å². The van der Waals surface area contributed by atoms with Gasteiger partial charge in [-0.1, -0.05) is 20.8 Å². The Morgan fingerprint density at radius 1 is 1.26 bits per heavy atom. The van der Waals surface area contributed by atoms with Crippen molar-refractivity contribution in [1.29, 1.82) is 0 Å². The van der Waals surface area contributed by atoms with E-state index >= 15 is 0 Å². The van der Waals surface area contributed by atoms with Crippen LogP contribution in [0.1, 0.15) is 46.4 Å². The van der Waals surface area contributed by atoms with Crippen molar-refractivity contribution >= 4 is 11.6 Å². The first-order chi connectivity index (χ1) is 8.82. The summed E-state index contributed by atoms with van der Waals surface area (Å²) >= 11 is 0. The zero-order valence-electron chi connectivity index (χ0n) is 12.6. The van der Waals surface area contributed by atoms with Gasteiger partial charge in [-0.25, -0.2) is 9.97 Å². The highest BCUT2D eigenvalue weighted by Crippen LogP contribution is 2.22. The van der Waals surface area contributed by atoms with Crippen LogP contribution in [0.15, 0.2) is 6.07 Å². The summed E-state index contributed by atoms with van der Waals surface area (Å²) in [6.07, 6.45) is 1.47. The summed E-state index contributed by atoms with van der Waals surface area (Å²) in [7, 11) is 1.85. The molecule has 0 fully saturated rings. The Balaban J connectivity index is 2.72. The molecule has 0 radical (unpaired) electrons. The van der Waals surface area contributed by atoms with Crippen molar-refractivity contribution in [2.75, 3.05) is 24.2 Å². The second-order valence-corrected chi connectivity index (χ2v) is 5.88. The number of nitrogens with zero attached hydrogens (tertiary/aromatic N) is 2. The fraction of sp³-hybridized carbons (Fsp3) is 0.714. The lowest BCUT2D eigenvalue weighted by atomic mass is 9.96. The molecular weight excluding hydrogens is 240 g/mol. The lowest BCUT2D eigenvalue weighted by Crippen LogP contribution is -2.18. The maximum absolute atomic E-state index is 9.22. The fourth-order valence-electron chi connectivity index (χ4n) is 1.62. The molecule has 1 rings (SSSR count). The van der Waals surface area contributed by atoms with Gasteiger partial charge in [0.05, 0.1) is 6.10 Å². The summed E-state index contributed by atoms with van der Waals surface area (Å²) in [5.74, 6) is 2.46. The van der Waals surface area contributed by atoms with Crippen molar-refractivity contribution in [2.24, 2.45) is 0 Å². The third kappa shape index (κ3) is 5.42. The molecule has 0 aliphatic rings. The van der Waals surface area contributed by atoms with Crippen molar-refractivity contribution < 1.29 is 5.11 Å². The van der Waals surface area contributed by atoms with E-state index in [2.05, 4.69) is 41.4 Å². The van der Waals surface area contributed by atoms with Gasteiger partial charge in [-0.2, -0.15) is 0 Å². The van der Waals surface area contributed by atoms with E-state index in [0.717, 1.165) is 36.8 Å². The van der Waals surface area contributed by atoms with E-state index in [1.54, 1.807) is 0 Å². The number of hydrogen-bond acceptors (Lipinski definition) is 5. The van der Waals surface area contributed by atoms with E-state index in [0.29, 0.717) is 0 Å². The molecule has 0 amide bonds. The van der Waals surface area contributed by atoms with Crippen LogP contribution in [0.3, 0.4) is 0 Å². The lowest BCUT2D eigenvalue weighted by Gasteiger charge is -2.19. The first-order valence-electron chi connectivity index (χ1n) is 6.82. The molecule has 5 heteroatoms. The molecule has 19 heavy (non-hydrogen) atoms. The van der Waals surface area contributed by atoms with Gasteiger partial charge in [0.2, 0.25) is 0 Å². The minimum atomic E-state index is -0.245. The molecular formula is C14H26N4O. The minimum Gasteiger partial charge on any atom is -0.393 e. The molecule has 0 aromatic carbocycles. The average molecular weight is 266 g/mol. The molecule has 0 aliphatic heterocycles. The monoisotopic (exact) mass is 266 g/mol. The van der Waals surface area contributed by atoms with E-state index in [-0.39, 0.29) is 11.5 Å². The number of aliphatic hydroxyl groups excluding tert-OH is 1. The maximum atomic E-state index is 9.22. The van der Waals surface area contributed by atoms with Crippen molar-refractivity contribution in [3.8, 4) is 0 Å².